The molecule has 0 aliphatic carbocycles. The van der Waals surface area contributed by atoms with E-state index >= 15 is 0 Å². The number of carbonyl (C=O) groups excluding carboxylic acids is 1. The van der Waals surface area contributed by atoms with Gasteiger partial charge in [-0.05, 0) is 42.8 Å². The van der Waals surface area contributed by atoms with Crippen molar-refractivity contribution in [2.24, 2.45) is 5.92 Å². The second-order valence-corrected chi connectivity index (χ2v) is 11.1. The van der Waals surface area contributed by atoms with E-state index in [1.165, 1.54) is 45.9 Å². The number of sulfonamides is 1. The maximum absolute atomic E-state index is 13.7. The van der Waals surface area contributed by atoms with Crippen molar-refractivity contribution in [2.75, 3.05) is 26.7 Å². The van der Waals surface area contributed by atoms with Gasteiger partial charge >= 0.3 is 0 Å². The van der Waals surface area contributed by atoms with E-state index in [9.17, 15) is 22.7 Å². The summed E-state index contributed by atoms with van der Waals surface area (Å²) in [5, 5.41) is 9.81. The normalized spacial score (nSPS) is 20.1. The molecule has 0 spiro atoms. The average molecular weight is 529 g/mol. The Kier molecular flexibility index (Phi) is 7.86. The molecule has 196 valence electrons. The van der Waals surface area contributed by atoms with E-state index < -0.39 is 28.0 Å². The van der Waals surface area contributed by atoms with Crippen LogP contribution in [0.5, 0.6) is 5.75 Å². The molecule has 1 aromatic heterocycles. The number of ether oxygens (including phenoxy) is 1. The van der Waals surface area contributed by atoms with Gasteiger partial charge in [-0.1, -0.05) is 19.1 Å². The lowest BCUT2D eigenvalue weighted by molar-refractivity contribution is 0.0563. The van der Waals surface area contributed by atoms with Crippen LogP contribution in [-0.4, -0.2) is 77.5 Å². The molecular formula is C26H29FN4O5S. The van der Waals surface area contributed by atoms with Gasteiger partial charge in [-0.25, -0.2) is 22.8 Å². The molecule has 37 heavy (non-hydrogen) atoms. The number of amides is 1. The van der Waals surface area contributed by atoms with Crippen LogP contribution in [-0.2, 0) is 10.0 Å². The van der Waals surface area contributed by atoms with E-state index in [4.69, 9.17) is 4.74 Å². The number of halogens is 1. The fraction of sp³-hybridized carbons (Fsp3) is 0.346. The highest BCUT2D eigenvalue weighted by atomic mass is 32.2. The van der Waals surface area contributed by atoms with Crippen LogP contribution >= 0.6 is 0 Å². The lowest BCUT2D eigenvalue weighted by atomic mass is 10.0. The number of hydrogen-bond donors (Lipinski definition) is 1. The predicted octanol–water partition coefficient (Wildman–Crippen LogP) is 2.82. The van der Waals surface area contributed by atoms with E-state index in [0.717, 1.165) is 0 Å². The minimum Gasteiger partial charge on any atom is -0.487 e. The zero-order valence-corrected chi connectivity index (χ0v) is 21.6. The fourth-order valence-electron chi connectivity index (χ4n) is 4.27. The van der Waals surface area contributed by atoms with Crippen molar-refractivity contribution in [3.8, 4) is 16.9 Å². The Morgan fingerprint density at radius 3 is 2.62 bits per heavy atom. The molecule has 9 nitrogen and oxygen atoms in total. The second kappa shape index (κ2) is 10.9. The molecule has 1 amide bonds. The summed E-state index contributed by atoms with van der Waals surface area (Å²) in [7, 11) is -2.42. The Balaban J connectivity index is 1.74. The molecule has 3 aromatic rings. The molecule has 1 aliphatic rings. The van der Waals surface area contributed by atoms with Gasteiger partial charge in [0, 0.05) is 49.1 Å². The van der Waals surface area contributed by atoms with Gasteiger partial charge in [0.05, 0.1) is 13.2 Å². The Hall–Kier alpha value is -3.41. The third-order valence-electron chi connectivity index (χ3n) is 6.43. The molecule has 11 heteroatoms. The number of fused-ring (bicyclic) bond motifs is 1. The second-order valence-electron chi connectivity index (χ2n) is 9.22. The van der Waals surface area contributed by atoms with Crippen LogP contribution in [0.4, 0.5) is 4.39 Å². The third-order valence-corrected chi connectivity index (χ3v) is 8.45. The van der Waals surface area contributed by atoms with Crippen LogP contribution in [0.2, 0.25) is 0 Å². The number of aliphatic hydroxyl groups excluding tert-OH is 1. The van der Waals surface area contributed by atoms with Crippen LogP contribution in [0.15, 0.2) is 66.1 Å². The molecule has 0 unspecified atom stereocenters. The number of hydrogen-bond acceptors (Lipinski definition) is 7. The maximum atomic E-state index is 13.7. The van der Waals surface area contributed by atoms with Crippen LogP contribution < -0.4 is 4.74 Å². The predicted molar refractivity (Wildman–Crippen MR) is 135 cm³/mol. The SMILES string of the molecule is C[C@H](CO)N1C[C@H](C)[C@H](CN(C)C(=O)c2cccc(F)c2)Oc2cc(-c3cncnc3)ccc2S1(=O)=O. The topological polar surface area (TPSA) is 113 Å². The fourth-order valence-corrected chi connectivity index (χ4v) is 6.09. The van der Waals surface area contributed by atoms with Gasteiger partial charge < -0.3 is 14.7 Å². The largest absolute Gasteiger partial charge is 0.487 e. The molecule has 4 rings (SSSR count). The van der Waals surface area contributed by atoms with Gasteiger partial charge in [-0.3, -0.25) is 4.79 Å². The number of benzene rings is 2. The lowest BCUT2D eigenvalue weighted by Gasteiger charge is -2.37. The number of aliphatic hydroxyl groups is 1. The molecule has 1 N–H and O–H groups in total. The van der Waals surface area contributed by atoms with E-state index in [-0.39, 0.29) is 47.7 Å². The summed E-state index contributed by atoms with van der Waals surface area (Å²) in [6.07, 6.45) is 4.01. The summed E-state index contributed by atoms with van der Waals surface area (Å²) in [5.74, 6) is -1.14. The van der Waals surface area contributed by atoms with Crippen molar-refractivity contribution in [1.82, 2.24) is 19.2 Å². The molecule has 3 atom stereocenters. The zero-order chi connectivity index (χ0) is 26.7. The van der Waals surface area contributed by atoms with Crippen LogP contribution in [0, 0.1) is 11.7 Å². The lowest BCUT2D eigenvalue weighted by Crippen LogP contribution is -2.50. The van der Waals surface area contributed by atoms with Crippen molar-refractivity contribution in [1.29, 1.82) is 0 Å². The van der Waals surface area contributed by atoms with Gasteiger partial charge in [0.25, 0.3) is 5.91 Å². The van der Waals surface area contributed by atoms with Gasteiger partial charge in [-0.2, -0.15) is 4.31 Å². The average Bonchev–Trinajstić information content (AvgIpc) is 2.90. The van der Waals surface area contributed by atoms with Crippen molar-refractivity contribution in [3.63, 3.8) is 0 Å². The molecular weight excluding hydrogens is 499 g/mol. The third kappa shape index (κ3) is 5.63. The number of nitrogens with zero attached hydrogens (tertiary/aromatic N) is 4. The Labute approximate surface area is 215 Å². The van der Waals surface area contributed by atoms with Gasteiger partial charge in [0.2, 0.25) is 10.0 Å². The number of carbonyl (C=O) groups is 1. The van der Waals surface area contributed by atoms with E-state index in [1.807, 2.05) is 6.92 Å². The van der Waals surface area contributed by atoms with E-state index in [2.05, 4.69) is 9.97 Å². The first-order valence-corrected chi connectivity index (χ1v) is 13.3. The summed E-state index contributed by atoms with van der Waals surface area (Å²) < 4.78 is 48.5. The molecule has 0 saturated carbocycles. The number of aromatic nitrogens is 2. The molecule has 0 bridgehead atoms. The summed E-state index contributed by atoms with van der Waals surface area (Å²) in [6.45, 7) is 3.30. The highest BCUT2D eigenvalue weighted by Crippen LogP contribution is 2.36. The minimum absolute atomic E-state index is 0.0376. The summed E-state index contributed by atoms with van der Waals surface area (Å²) in [4.78, 5) is 22.4. The first kappa shape index (κ1) is 26.6. The smallest absolute Gasteiger partial charge is 0.253 e. The van der Waals surface area contributed by atoms with Crippen LogP contribution in [0.1, 0.15) is 24.2 Å². The monoisotopic (exact) mass is 528 g/mol. The van der Waals surface area contributed by atoms with E-state index in [0.29, 0.717) is 11.1 Å². The molecule has 2 aromatic carbocycles. The van der Waals surface area contributed by atoms with Crippen molar-refractivity contribution in [3.05, 3.63) is 72.6 Å². The van der Waals surface area contributed by atoms with Gasteiger partial charge in [-0.15, -0.1) is 0 Å². The first-order chi connectivity index (χ1) is 17.6. The quantitative estimate of drug-likeness (QED) is 0.524. The van der Waals surface area contributed by atoms with Gasteiger partial charge in [0.1, 0.15) is 28.9 Å². The highest BCUT2D eigenvalue weighted by molar-refractivity contribution is 7.89. The van der Waals surface area contributed by atoms with Crippen LogP contribution in [0.3, 0.4) is 0 Å². The first-order valence-electron chi connectivity index (χ1n) is 11.8. The van der Waals surface area contributed by atoms with Gasteiger partial charge in [0.15, 0.2) is 0 Å². The minimum atomic E-state index is -4.01. The summed E-state index contributed by atoms with van der Waals surface area (Å²) in [5.41, 5.74) is 1.54. The van der Waals surface area contributed by atoms with Crippen molar-refractivity contribution >= 4 is 15.9 Å². The Bertz CT molecular complexity index is 1370. The van der Waals surface area contributed by atoms with Crippen molar-refractivity contribution < 1.29 is 27.4 Å². The standard InChI is InChI=1S/C26H29FN4O5S/c1-17-13-31(18(2)15-32)37(34,35)25-8-7-19(21-11-28-16-29-12-21)10-23(25)36-24(17)14-30(3)26(33)20-5-4-6-22(27)9-20/h4-12,16-18,24,32H,13-15H2,1-3H3/t17-,18+,24-/m0/s1. The number of rotatable bonds is 6. The zero-order valence-electron chi connectivity index (χ0n) is 20.8. The molecule has 0 radical (unpaired) electrons. The highest BCUT2D eigenvalue weighted by Gasteiger charge is 2.38. The molecule has 0 fully saturated rings. The summed E-state index contributed by atoms with van der Waals surface area (Å²) in [6, 6.07) is 9.50. The van der Waals surface area contributed by atoms with Crippen LogP contribution in [0.25, 0.3) is 11.1 Å². The Morgan fingerprint density at radius 2 is 1.95 bits per heavy atom. The van der Waals surface area contributed by atoms with E-state index in [1.54, 1.807) is 38.5 Å². The number of likely N-dealkylation sites (N-methyl/N-ethyl adjacent to an activating group) is 1. The molecule has 1 aliphatic heterocycles. The Morgan fingerprint density at radius 1 is 1.22 bits per heavy atom. The summed E-state index contributed by atoms with van der Waals surface area (Å²) >= 11 is 0. The maximum Gasteiger partial charge on any atom is 0.253 e. The van der Waals surface area contributed by atoms with Crippen molar-refractivity contribution in [2.45, 2.75) is 30.9 Å². The molecule has 2 heterocycles. The molecule has 0 saturated heterocycles.